The van der Waals surface area contributed by atoms with Crippen molar-refractivity contribution in [2.75, 3.05) is 33.3 Å². The average molecular weight is 344 g/mol. The molecule has 5 heteroatoms. The molecule has 25 heavy (non-hydrogen) atoms. The number of para-hydroxylation sites is 1. The molecule has 2 aromatic rings. The highest BCUT2D eigenvalue weighted by Gasteiger charge is 2.22. The molecule has 1 saturated heterocycles. The van der Waals surface area contributed by atoms with E-state index in [9.17, 15) is 0 Å². The molecule has 1 aromatic carbocycles. The molecule has 3 rings (SSSR count). The van der Waals surface area contributed by atoms with Gasteiger partial charge in [-0.05, 0) is 44.5 Å². The lowest BCUT2D eigenvalue weighted by Crippen LogP contribution is -2.43. The van der Waals surface area contributed by atoms with Crippen molar-refractivity contribution in [1.29, 1.82) is 0 Å². The van der Waals surface area contributed by atoms with Gasteiger partial charge in [-0.3, -0.25) is 4.90 Å². The van der Waals surface area contributed by atoms with Crippen molar-refractivity contribution in [3.63, 3.8) is 0 Å². The summed E-state index contributed by atoms with van der Waals surface area (Å²) in [5.41, 5.74) is 0. The van der Waals surface area contributed by atoms with E-state index >= 15 is 0 Å². The molecule has 0 amide bonds. The number of rotatable bonds is 8. The number of furan rings is 1. The minimum atomic E-state index is 0.273. The first-order valence-corrected chi connectivity index (χ1v) is 9.09. The van der Waals surface area contributed by atoms with Crippen LogP contribution in [0, 0.1) is 0 Å². The molecule has 2 heterocycles. The normalized spacial score (nSPS) is 16.4. The van der Waals surface area contributed by atoms with Gasteiger partial charge in [-0.15, -0.1) is 0 Å². The number of benzene rings is 1. The van der Waals surface area contributed by atoms with E-state index in [0.717, 1.165) is 57.0 Å². The summed E-state index contributed by atoms with van der Waals surface area (Å²) >= 11 is 0. The van der Waals surface area contributed by atoms with E-state index in [1.165, 1.54) is 0 Å². The Morgan fingerprint density at radius 1 is 1.16 bits per heavy atom. The molecule has 1 N–H and O–H groups in total. The molecule has 0 unspecified atom stereocenters. The Bertz CT molecular complexity index is 621. The predicted octanol–water partition coefficient (Wildman–Crippen LogP) is 3.35. The predicted molar refractivity (Wildman–Crippen MR) is 97.9 cm³/mol. The molecule has 1 fully saturated rings. The van der Waals surface area contributed by atoms with Gasteiger partial charge in [-0.2, -0.15) is 0 Å². The molecular weight excluding hydrogens is 316 g/mol. The fourth-order valence-electron chi connectivity index (χ4n) is 3.34. The van der Waals surface area contributed by atoms with Crippen LogP contribution in [0.15, 0.2) is 46.9 Å². The van der Waals surface area contributed by atoms with Crippen molar-refractivity contribution < 1.29 is 14.3 Å². The Balaban J connectivity index is 1.45. The second-order valence-electron chi connectivity index (χ2n) is 6.70. The third-order valence-corrected chi connectivity index (χ3v) is 4.83. The van der Waals surface area contributed by atoms with Crippen molar-refractivity contribution >= 4 is 0 Å². The van der Waals surface area contributed by atoms with Crippen LogP contribution in [-0.2, 0) is 6.54 Å². The molecule has 136 valence electrons. The van der Waals surface area contributed by atoms with Crippen LogP contribution >= 0.6 is 0 Å². The van der Waals surface area contributed by atoms with Crippen LogP contribution < -0.4 is 4.74 Å². The van der Waals surface area contributed by atoms with Crippen LogP contribution in [0.1, 0.15) is 25.0 Å². The number of piperidine rings is 1. The van der Waals surface area contributed by atoms with E-state index in [1.54, 1.807) is 0 Å². The SMILES string of the molecule is CN(CCCO)C1CCN(Cc2ccc(Oc3ccccc3)o2)CC1. The summed E-state index contributed by atoms with van der Waals surface area (Å²) in [5, 5.41) is 8.96. The van der Waals surface area contributed by atoms with Gasteiger partial charge in [-0.25, -0.2) is 0 Å². The fraction of sp³-hybridized carbons (Fsp3) is 0.500. The van der Waals surface area contributed by atoms with E-state index in [4.69, 9.17) is 14.3 Å². The van der Waals surface area contributed by atoms with Crippen LogP contribution in [-0.4, -0.2) is 54.2 Å². The largest absolute Gasteiger partial charge is 0.429 e. The van der Waals surface area contributed by atoms with Crippen molar-refractivity contribution in [3.8, 4) is 11.7 Å². The van der Waals surface area contributed by atoms with Crippen LogP contribution in [0.4, 0.5) is 0 Å². The molecule has 0 atom stereocenters. The van der Waals surface area contributed by atoms with Gasteiger partial charge in [0.1, 0.15) is 11.5 Å². The highest BCUT2D eigenvalue weighted by molar-refractivity contribution is 5.26. The van der Waals surface area contributed by atoms with Crippen LogP contribution in [0.3, 0.4) is 0 Å². The van der Waals surface area contributed by atoms with E-state index in [2.05, 4.69) is 16.8 Å². The minimum Gasteiger partial charge on any atom is -0.429 e. The maximum absolute atomic E-state index is 8.96. The summed E-state index contributed by atoms with van der Waals surface area (Å²) in [6, 6.07) is 14.2. The number of nitrogens with zero attached hydrogens (tertiary/aromatic N) is 2. The zero-order valence-corrected chi connectivity index (χ0v) is 14.9. The van der Waals surface area contributed by atoms with Gasteiger partial charge in [-0.1, -0.05) is 18.2 Å². The van der Waals surface area contributed by atoms with Gasteiger partial charge >= 0.3 is 0 Å². The number of hydrogen-bond acceptors (Lipinski definition) is 5. The zero-order valence-electron chi connectivity index (χ0n) is 14.9. The van der Waals surface area contributed by atoms with Crippen molar-refractivity contribution in [2.24, 2.45) is 0 Å². The number of aliphatic hydroxyl groups excluding tert-OH is 1. The van der Waals surface area contributed by atoms with Gasteiger partial charge in [0.25, 0.3) is 5.95 Å². The molecule has 1 aromatic heterocycles. The lowest BCUT2D eigenvalue weighted by molar-refractivity contribution is 0.112. The first kappa shape index (κ1) is 18.0. The summed E-state index contributed by atoms with van der Waals surface area (Å²) in [5.74, 6) is 2.27. The lowest BCUT2D eigenvalue weighted by Gasteiger charge is -2.36. The average Bonchev–Trinajstić information content (AvgIpc) is 3.08. The van der Waals surface area contributed by atoms with Crippen LogP contribution in [0.2, 0.25) is 0 Å². The van der Waals surface area contributed by atoms with Gasteiger partial charge < -0.3 is 19.2 Å². The third kappa shape index (κ3) is 5.33. The maximum Gasteiger partial charge on any atom is 0.290 e. The molecule has 1 aliphatic heterocycles. The zero-order chi connectivity index (χ0) is 17.5. The molecule has 5 nitrogen and oxygen atoms in total. The maximum atomic E-state index is 8.96. The van der Waals surface area contributed by atoms with Crippen LogP contribution in [0.25, 0.3) is 0 Å². The monoisotopic (exact) mass is 344 g/mol. The quantitative estimate of drug-likeness (QED) is 0.796. The Labute approximate surface area is 149 Å². The van der Waals surface area contributed by atoms with E-state index < -0.39 is 0 Å². The number of aliphatic hydroxyl groups is 1. The molecule has 0 radical (unpaired) electrons. The highest BCUT2D eigenvalue weighted by atomic mass is 16.6. The first-order chi connectivity index (χ1) is 12.2. The van der Waals surface area contributed by atoms with Crippen molar-refractivity contribution in [2.45, 2.75) is 31.8 Å². The van der Waals surface area contributed by atoms with Crippen LogP contribution in [0.5, 0.6) is 11.7 Å². The number of ether oxygens (including phenoxy) is 1. The summed E-state index contributed by atoms with van der Waals surface area (Å²) in [4.78, 5) is 4.81. The van der Waals surface area contributed by atoms with Gasteiger partial charge in [0.05, 0.1) is 6.54 Å². The topological polar surface area (TPSA) is 49.1 Å². The third-order valence-electron chi connectivity index (χ3n) is 4.83. The minimum absolute atomic E-state index is 0.273. The van der Waals surface area contributed by atoms with E-state index in [0.29, 0.717) is 12.0 Å². The van der Waals surface area contributed by atoms with E-state index in [-0.39, 0.29) is 6.61 Å². The second-order valence-corrected chi connectivity index (χ2v) is 6.70. The van der Waals surface area contributed by atoms with Crippen molar-refractivity contribution in [3.05, 3.63) is 48.2 Å². The molecule has 0 spiro atoms. The highest BCUT2D eigenvalue weighted by Crippen LogP contribution is 2.25. The fourth-order valence-corrected chi connectivity index (χ4v) is 3.34. The number of likely N-dealkylation sites (tertiary alicyclic amines) is 1. The Hall–Kier alpha value is -1.82. The van der Waals surface area contributed by atoms with Gasteiger partial charge in [0.15, 0.2) is 0 Å². The summed E-state index contributed by atoms with van der Waals surface area (Å²) < 4.78 is 11.5. The van der Waals surface area contributed by atoms with Gasteiger partial charge in [0, 0.05) is 38.3 Å². The standard InChI is InChI=1S/C20H28N2O3/c1-21(12-5-15-23)17-10-13-22(14-11-17)16-19-8-9-20(25-19)24-18-6-3-2-4-7-18/h2-4,6-9,17,23H,5,10-16H2,1H3. The second kappa shape index (κ2) is 9.04. The van der Waals surface area contributed by atoms with Gasteiger partial charge in [0.2, 0.25) is 0 Å². The summed E-state index contributed by atoms with van der Waals surface area (Å²) in [6.45, 7) is 4.22. The lowest BCUT2D eigenvalue weighted by atomic mass is 10.0. The Morgan fingerprint density at radius 2 is 1.92 bits per heavy atom. The molecule has 0 aliphatic carbocycles. The Morgan fingerprint density at radius 3 is 2.64 bits per heavy atom. The van der Waals surface area contributed by atoms with Crippen molar-refractivity contribution in [1.82, 2.24) is 9.80 Å². The van der Waals surface area contributed by atoms with E-state index in [1.807, 2.05) is 42.5 Å². The molecule has 0 bridgehead atoms. The molecule has 0 saturated carbocycles. The molecular formula is C20H28N2O3. The summed E-state index contributed by atoms with van der Waals surface area (Å²) in [7, 11) is 2.16. The first-order valence-electron chi connectivity index (χ1n) is 9.09. The summed E-state index contributed by atoms with van der Waals surface area (Å²) in [6.07, 6.45) is 3.18. The number of hydrogen-bond donors (Lipinski definition) is 1. The Kier molecular flexibility index (Phi) is 6.50. The molecule has 1 aliphatic rings. The smallest absolute Gasteiger partial charge is 0.290 e.